The largest absolute Gasteiger partial charge is 0.493 e. The lowest BCUT2D eigenvalue weighted by Crippen LogP contribution is -2.08. The van der Waals surface area contributed by atoms with Crippen LogP contribution in [0.15, 0.2) is 23.6 Å². The highest BCUT2D eigenvalue weighted by molar-refractivity contribution is 7.13. The Morgan fingerprint density at radius 1 is 1.26 bits per heavy atom. The van der Waals surface area contributed by atoms with Crippen molar-refractivity contribution in [1.29, 1.82) is 0 Å². The quantitative estimate of drug-likeness (QED) is 0.652. The molecule has 0 aliphatic rings. The molecule has 0 radical (unpaired) electrons. The maximum atomic E-state index is 12.3. The van der Waals surface area contributed by atoms with Crippen LogP contribution in [0, 0.1) is 5.92 Å². The van der Waals surface area contributed by atoms with E-state index in [-0.39, 0.29) is 12.5 Å². The van der Waals surface area contributed by atoms with Crippen molar-refractivity contribution >= 4 is 28.3 Å². The molecular formula is C19H24N2O5S. The van der Waals surface area contributed by atoms with Gasteiger partial charge >= 0.3 is 5.97 Å². The van der Waals surface area contributed by atoms with Gasteiger partial charge in [-0.15, -0.1) is 11.3 Å². The van der Waals surface area contributed by atoms with E-state index in [9.17, 15) is 9.59 Å². The molecule has 27 heavy (non-hydrogen) atoms. The van der Waals surface area contributed by atoms with E-state index in [2.05, 4.69) is 24.1 Å². The first-order valence-electron chi connectivity index (χ1n) is 8.59. The molecule has 146 valence electrons. The summed E-state index contributed by atoms with van der Waals surface area (Å²) in [5.41, 5.74) is 0.929. The first-order chi connectivity index (χ1) is 12.9. The molecule has 2 rings (SSSR count). The van der Waals surface area contributed by atoms with E-state index in [1.807, 2.05) is 0 Å². The van der Waals surface area contributed by atoms with Crippen LogP contribution in [0.4, 0.5) is 5.13 Å². The molecule has 0 saturated carbocycles. The topological polar surface area (TPSA) is 86.8 Å². The maximum Gasteiger partial charge on any atom is 0.338 e. The molecule has 1 aromatic carbocycles. The lowest BCUT2D eigenvalue weighted by atomic mass is 10.1. The summed E-state index contributed by atoms with van der Waals surface area (Å²) < 4.78 is 16.3. The number of aromatic nitrogens is 1. The van der Waals surface area contributed by atoms with E-state index in [0.717, 1.165) is 6.42 Å². The number of anilines is 1. The summed E-state index contributed by atoms with van der Waals surface area (Å²) in [5, 5.41) is 4.78. The Hall–Kier alpha value is -2.61. The normalized spacial score (nSPS) is 10.6. The second-order valence-electron chi connectivity index (χ2n) is 6.30. The number of carbonyl (C=O) groups excluding carboxylic acids is 2. The van der Waals surface area contributed by atoms with Crippen LogP contribution < -0.4 is 14.8 Å². The summed E-state index contributed by atoms with van der Waals surface area (Å²) in [6.07, 6.45) is 0.932. The molecule has 0 saturated heterocycles. The average Bonchev–Trinajstić information content (AvgIpc) is 3.06. The first kappa shape index (κ1) is 20.7. The molecule has 7 nitrogen and oxygen atoms in total. The number of methoxy groups -OCH3 is 1. The molecule has 2 aromatic rings. The molecule has 8 heteroatoms. The van der Waals surface area contributed by atoms with E-state index < -0.39 is 5.97 Å². The van der Waals surface area contributed by atoms with Crippen LogP contribution in [-0.2, 0) is 16.1 Å². The highest BCUT2D eigenvalue weighted by Gasteiger charge is 2.14. The molecule has 1 amide bonds. The van der Waals surface area contributed by atoms with Crippen molar-refractivity contribution in [2.75, 3.05) is 19.0 Å². The fraction of sp³-hybridized carbons (Fsp3) is 0.421. The van der Waals surface area contributed by atoms with E-state index >= 15 is 0 Å². The van der Waals surface area contributed by atoms with Crippen molar-refractivity contribution < 1.29 is 23.8 Å². The predicted octanol–water partition coefficient (Wildman–Crippen LogP) is 3.89. The number of ether oxygens (including phenoxy) is 3. The number of amides is 1. The van der Waals surface area contributed by atoms with Gasteiger partial charge in [0.25, 0.3) is 0 Å². The zero-order chi connectivity index (χ0) is 19.8. The van der Waals surface area contributed by atoms with Crippen molar-refractivity contribution in [3.63, 3.8) is 0 Å². The van der Waals surface area contributed by atoms with Gasteiger partial charge in [-0.3, -0.25) is 4.79 Å². The van der Waals surface area contributed by atoms with Gasteiger partial charge in [-0.2, -0.15) is 0 Å². The summed E-state index contributed by atoms with van der Waals surface area (Å²) >= 11 is 1.27. The number of nitrogens with one attached hydrogen (secondary N) is 1. The number of thiazole rings is 1. The SMILES string of the molecule is COc1cc(C(=O)OCc2csc(NC(C)=O)n2)ccc1OCCC(C)C. The van der Waals surface area contributed by atoms with E-state index in [1.54, 1.807) is 23.6 Å². The second kappa shape index (κ2) is 9.91. The maximum absolute atomic E-state index is 12.3. The van der Waals surface area contributed by atoms with Crippen LogP contribution in [0.3, 0.4) is 0 Å². The molecule has 1 N–H and O–H groups in total. The Morgan fingerprint density at radius 2 is 2.04 bits per heavy atom. The Bertz CT molecular complexity index is 788. The van der Waals surface area contributed by atoms with Crippen LogP contribution in [-0.4, -0.2) is 30.6 Å². The Kier molecular flexibility index (Phi) is 7.60. The zero-order valence-electron chi connectivity index (χ0n) is 15.9. The minimum Gasteiger partial charge on any atom is -0.493 e. The highest BCUT2D eigenvalue weighted by Crippen LogP contribution is 2.29. The third-order valence-electron chi connectivity index (χ3n) is 3.54. The van der Waals surface area contributed by atoms with E-state index in [0.29, 0.717) is 40.4 Å². The molecule has 0 bridgehead atoms. The van der Waals surface area contributed by atoms with Gasteiger partial charge in [0, 0.05) is 12.3 Å². The summed E-state index contributed by atoms with van der Waals surface area (Å²) in [6.45, 7) is 6.26. The number of rotatable bonds is 9. The van der Waals surface area contributed by atoms with Gasteiger partial charge in [0.05, 0.1) is 25.0 Å². The predicted molar refractivity (Wildman–Crippen MR) is 103 cm³/mol. The molecular weight excluding hydrogens is 368 g/mol. The first-order valence-corrected chi connectivity index (χ1v) is 9.47. The van der Waals surface area contributed by atoms with Crippen LogP contribution in [0.25, 0.3) is 0 Å². The van der Waals surface area contributed by atoms with Crippen molar-refractivity contribution in [1.82, 2.24) is 4.98 Å². The Balaban J connectivity index is 1.95. The van der Waals surface area contributed by atoms with E-state index in [4.69, 9.17) is 14.2 Å². The molecule has 1 heterocycles. The number of carbonyl (C=O) groups is 2. The highest BCUT2D eigenvalue weighted by atomic mass is 32.1. The summed E-state index contributed by atoms with van der Waals surface area (Å²) in [7, 11) is 1.53. The number of hydrogen-bond donors (Lipinski definition) is 1. The number of esters is 1. The van der Waals surface area contributed by atoms with Crippen molar-refractivity contribution in [2.24, 2.45) is 5.92 Å². The van der Waals surface area contributed by atoms with Gasteiger partial charge < -0.3 is 19.5 Å². The third kappa shape index (κ3) is 6.56. The number of benzene rings is 1. The lowest BCUT2D eigenvalue weighted by molar-refractivity contribution is -0.114. The van der Waals surface area contributed by atoms with Gasteiger partial charge in [0.15, 0.2) is 16.6 Å². The average molecular weight is 392 g/mol. The van der Waals surface area contributed by atoms with Crippen LogP contribution >= 0.6 is 11.3 Å². The minimum atomic E-state index is -0.490. The molecule has 0 atom stereocenters. The van der Waals surface area contributed by atoms with Gasteiger partial charge in [-0.1, -0.05) is 13.8 Å². The van der Waals surface area contributed by atoms with Crippen molar-refractivity contribution in [2.45, 2.75) is 33.8 Å². The van der Waals surface area contributed by atoms with Gasteiger partial charge in [0.1, 0.15) is 6.61 Å². The molecule has 0 aliphatic carbocycles. The van der Waals surface area contributed by atoms with Crippen LogP contribution in [0.1, 0.15) is 43.2 Å². The minimum absolute atomic E-state index is 0.0177. The molecule has 1 aromatic heterocycles. The number of hydrogen-bond acceptors (Lipinski definition) is 7. The summed E-state index contributed by atoms with van der Waals surface area (Å²) in [4.78, 5) is 27.5. The van der Waals surface area contributed by atoms with Crippen LogP contribution in [0.2, 0.25) is 0 Å². The Morgan fingerprint density at radius 3 is 2.70 bits per heavy atom. The Labute approximate surface area is 162 Å². The third-order valence-corrected chi connectivity index (χ3v) is 4.34. The standard InChI is InChI=1S/C19H24N2O5S/c1-12(2)7-8-25-16-6-5-14(9-17(16)24-4)18(23)26-10-15-11-27-19(21-15)20-13(3)22/h5-6,9,11-12H,7-8,10H2,1-4H3,(H,20,21,22). The molecule has 0 aliphatic heterocycles. The molecule has 0 fully saturated rings. The molecule has 0 spiro atoms. The number of nitrogens with zero attached hydrogens (tertiary/aromatic N) is 1. The second-order valence-corrected chi connectivity index (χ2v) is 7.16. The summed E-state index contributed by atoms with van der Waals surface area (Å²) in [6, 6.07) is 4.93. The fourth-order valence-electron chi connectivity index (χ4n) is 2.12. The van der Waals surface area contributed by atoms with E-state index in [1.165, 1.54) is 25.4 Å². The van der Waals surface area contributed by atoms with Crippen LogP contribution in [0.5, 0.6) is 11.5 Å². The summed E-state index contributed by atoms with van der Waals surface area (Å²) in [5.74, 6) is 0.929. The zero-order valence-corrected chi connectivity index (χ0v) is 16.7. The van der Waals surface area contributed by atoms with Gasteiger partial charge in [-0.25, -0.2) is 9.78 Å². The van der Waals surface area contributed by atoms with Crippen molar-refractivity contribution in [3.05, 3.63) is 34.8 Å². The van der Waals surface area contributed by atoms with Crippen molar-refractivity contribution in [3.8, 4) is 11.5 Å². The molecule has 0 unspecified atom stereocenters. The fourth-order valence-corrected chi connectivity index (χ4v) is 2.86. The monoisotopic (exact) mass is 392 g/mol. The smallest absolute Gasteiger partial charge is 0.338 e. The lowest BCUT2D eigenvalue weighted by Gasteiger charge is -2.13. The van der Waals surface area contributed by atoms with Gasteiger partial charge in [0.2, 0.25) is 5.91 Å². The van der Waals surface area contributed by atoms with Gasteiger partial charge in [-0.05, 0) is 30.5 Å².